The van der Waals surface area contributed by atoms with Gasteiger partial charge in [0.15, 0.2) is 0 Å². The zero-order valence-electron chi connectivity index (χ0n) is 3.18. The minimum absolute atomic E-state index is 0. The first-order valence-corrected chi connectivity index (χ1v) is 0.632. The van der Waals surface area contributed by atoms with Gasteiger partial charge in [0.1, 0.15) is 0 Å². The summed E-state index contributed by atoms with van der Waals surface area (Å²) in [5, 5.41) is 15.3. The van der Waals surface area contributed by atoms with Crippen molar-refractivity contribution in [3.05, 3.63) is 0 Å². The molecule has 0 aromatic carbocycles. The molecule has 4 nitrogen and oxygen atoms in total. The van der Waals surface area contributed by atoms with Crippen LogP contribution in [0.5, 0.6) is 0 Å². The first kappa shape index (κ1) is 16.7. The maximum Gasteiger partial charge on any atom is 1.00 e. The smallest absolute Gasteiger partial charge is 0.565 e. The molecule has 0 fully saturated rings. The molecule has 0 aliphatic carbocycles. The van der Waals surface area contributed by atoms with E-state index in [2.05, 4.69) is 0 Å². The fourth-order valence-electron chi connectivity index (χ4n) is 0. The van der Waals surface area contributed by atoms with Crippen molar-refractivity contribution < 1.29 is 15.0 Å². The Morgan fingerprint density at radius 1 is 1.67 bits per heavy atom. The summed E-state index contributed by atoms with van der Waals surface area (Å²) in [7, 11) is 0. The van der Waals surface area contributed by atoms with Crippen LogP contribution >= 0.6 is 0 Å². The number of hydrogen-bond donors (Lipinski definition) is 2. The third-order valence-electron chi connectivity index (χ3n) is 0. The molecule has 0 bridgehead atoms. The van der Waals surface area contributed by atoms with Gasteiger partial charge in [-0.2, -0.15) is 0 Å². The molecule has 4 N–H and O–H groups in total. The summed E-state index contributed by atoms with van der Waals surface area (Å²) in [6.07, 6.45) is -2.08. The van der Waals surface area contributed by atoms with Crippen LogP contribution in [0.4, 0.5) is 4.79 Å². The van der Waals surface area contributed by atoms with Crippen molar-refractivity contribution in [1.82, 2.24) is 6.15 Å². The maximum absolute atomic E-state index is 8.44. The molecule has 0 unspecified atom stereocenters. The summed E-state index contributed by atoms with van der Waals surface area (Å²) < 4.78 is 0. The Morgan fingerprint density at radius 3 is 1.67 bits per heavy atom. The molecule has 6 heavy (non-hydrogen) atoms. The summed E-state index contributed by atoms with van der Waals surface area (Å²) in [5.74, 6) is 0. The molecular formula is CH4MgNO3. The third-order valence-corrected chi connectivity index (χ3v) is 0. The molecular weight excluding hydrogens is 98.3 g/mol. The Bertz CT molecular complexity index is 33.8. The molecule has 0 aliphatic heterocycles. The van der Waals surface area contributed by atoms with E-state index in [1.54, 1.807) is 0 Å². The molecule has 0 atom stereocenters. The second-order valence-electron chi connectivity index (χ2n) is 0.266. The Labute approximate surface area is 50.9 Å². The van der Waals surface area contributed by atoms with Crippen molar-refractivity contribution >= 4 is 29.2 Å². The quantitative estimate of drug-likeness (QED) is 0.370. The zero-order chi connectivity index (χ0) is 3.58. The molecule has 5 heteroatoms. The second-order valence-corrected chi connectivity index (χ2v) is 0.266. The Kier molecular flexibility index (Phi) is 24.7. The van der Waals surface area contributed by atoms with Crippen LogP contribution in [0.1, 0.15) is 0 Å². The monoisotopic (exact) mass is 102 g/mol. The van der Waals surface area contributed by atoms with E-state index in [1.807, 2.05) is 0 Å². The van der Waals surface area contributed by atoms with Crippen LogP contribution in [-0.4, -0.2) is 34.3 Å². The van der Waals surface area contributed by atoms with Crippen LogP contribution in [0.3, 0.4) is 0 Å². The number of carbonyl (C=O) groups is 1. The molecule has 0 rings (SSSR count). The van der Waals surface area contributed by atoms with Gasteiger partial charge in [0, 0.05) is 0 Å². The number of rotatable bonds is 0. The van der Waals surface area contributed by atoms with Crippen LogP contribution in [0.2, 0.25) is 0 Å². The summed E-state index contributed by atoms with van der Waals surface area (Å²) in [6, 6.07) is 0. The van der Waals surface area contributed by atoms with E-state index in [9.17, 15) is 0 Å². The van der Waals surface area contributed by atoms with Crippen LogP contribution < -0.4 is 11.3 Å². The Morgan fingerprint density at radius 2 is 1.67 bits per heavy atom. The van der Waals surface area contributed by atoms with Crippen LogP contribution in [0.15, 0.2) is 0 Å². The van der Waals surface area contributed by atoms with E-state index in [0.29, 0.717) is 0 Å². The molecule has 0 spiro atoms. The van der Waals surface area contributed by atoms with Gasteiger partial charge in [-0.1, -0.05) is 0 Å². The fraction of sp³-hybridized carbons (Fsp3) is 0. The average molecular weight is 102 g/mol. The number of carboxylic acid groups (broad SMARTS) is 2. The Hall–Kier alpha value is -0.00377. The van der Waals surface area contributed by atoms with Gasteiger partial charge in [-0.3, -0.25) is 0 Å². The van der Waals surface area contributed by atoms with Crippen LogP contribution in [0.25, 0.3) is 0 Å². The molecule has 0 saturated heterocycles. The Balaban J connectivity index is -0.0000000450. The van der Waals surface area contributed by atoms with Crippen molar-refractivity contribution in [3.8, 4) is 0 Å². The van der Waals surface area contributed by atoms with Crippen molar-refractivity contribution in [1.29, 1.82) is 0 Å². The predicted octanol–water partition coefficient (Wildman–Crippen LogP) is -1.33. The fourth-order valence-corrected chi connectivity index (χ4v) is 0. The van der Waals surface area contributed by atoms with E-state index < -0.39 is 6.16 Å². The number of hydrogen-bond acceptors (Lipinski definition) is 3. The van der Waals surface area contributed by atoms with Gasteiger partial charge in [0.2, 0.25) is 6.16 Å². The van der Waals surface area contributed by atoms with Gasteiger partial charge in [-0.05, 0) is 0 Å². The van der Waals surface area contributed by atoms with E-state index in [4.69, 9.17) is 15.0 Å². The normalized spacial score (nSPS) is 4.00. The summed E-state index contributed by atoms with van der Waals surface area (Å²) >= 11 is 0. The van der Waals surface area contributed by atoms with Crippen molar-refractivity contribution in [3.63, 3.8) is 0 Å². The summed E-state index contributed by atoms with van der Waals surface area (Å²) in [4.78, 5) is 8.44. The first-order valence-electron chi connectivity index (χ1n) is 0.632. The average Bonchev–Trinajstić information content (AvgIpc) is 0.811. The van der Waals surface area contributed by atoms with E-state index in [1.165, 1.54) is 0 Å². The van der Waals surface area contributed by atoms with Crippen molar-refractivity contribution in [2.45, 2.75) is 0 Å². The molecule has 0 amide bonds. The molecule has 0 aromatic rings. The molecule has 1 radical (unpaired) electrons. The molecule has 0 aromatic heterocycles. The molecule has 0 heterocycles. The summed E-state index contributed by atoms with van der Waals surface area (Å²) in [6.45, 7) is 0. The van der Waals surface area contributed by atoms with Gasteiger partial charge in [0.25, 0.3) is 0 Å². The molecule has 0 saturated carbocycles. The van der Waals surface area contributed by atoms with Crippen molar-refractivity contribution in [2.24, 2.45) is 0 Å². The third kappa shape index (κ3) is 2530000. The minimum atomic E-state index is -2.08. The zero-order valence-corrected chi connectivity index (χ0v) is 4.59. The van der Waals surface area contributed by atoms with Crippen LogP contribution in [0, 0.1) is 0 Å². The SMILES string of the molecule is N.O=C([O-])O.[Mg+]. The topological polar surface area (TPSA) is 95.4 Å². The van der Waals surface area contributed by atoms with Crippen LogP contribution in [-0.2, 0) is 0 Å². The van der Waals surface area contributed by atoms with Gasteiger partial charge >= 0.3 is 23.1 Å². The van der Waals surface area contributed by atoms with Gasteiger partial charge in [0.05, 0.1) is 0 Å². The first-order chi connectivity index (χ1) is 1.73. The maximum atomic E-state index is 8.44. The standard InChI is InChI=1S/CH2O3.Mg.H3N/c2-1(3)4;;/h(H2,2,3,4);;1H3/q;+1;/p-1. The second kappa shape index (κ2) is 8.89. The van der Waals surface area contributed by atoms with E-state index in [-0.39, 0.29) is 29.2 Å². The minimum Gasteiger partial charge on any atom is -0.565 e. The van der Waals surface area contributed by atoms with Crippen molar-refractivity contribution in [2.75, 3.05) is 0 Å². The van der Waals surface area contributed by atoms with Gasteiger partial charge < -0.3 is 21.2 Å². The van der Waals surface area contributed by atoms with E-state index >= 15 is 0 Å². The summed E-state index contributed by atoms with van der Waals surface area (Å²) in [5.41, 5.74) is 0. The van der Waals surface area contributed by atoms with Gasteiger partial charge in [-0.15, -0.1) is 0 Å². The van der Waals surface area contributed by atoms with Gasteiger partial charge in [-0.25, -0.2) is 0 Å². The van der Waals surface area contributed by atoms with E-state index in [0.717, 1.165) is 0 Å². The molecule has 33 valence electrons. The molecule has 0 aliphatic rings. The predicted molar refractivity (Wildman–Crippen MR) is 18.8 cm³/mol. The largest absolute Gasteiger partial charge is 1.00 e.